The summed E-state index contributed by atoms with van der Waals surface area (Å²) in [5, 5.41) is 20.0. The Morgan fingerprint density at radius 2 is 0.941 bits per heavy atom. The van der Waals surface area contributed by atoms with Crippen molar-refractivity contribution in [3.63, 3.8) is 0 Å². The average molecular weight is 293 g/mol. The van der Waals surface area contributed by atoms with Crippen molar-refractivity contribution in [1.29, 1.82) is 0 Å². The summed E-state index contributed by atoms with van der Waals surface area (Å²) < 4.78 is 0. The number of carbonyl (C=O) groups excluding carboxylic acids is 2. The molecule has 103 valence electrons. The van der Waals surface area contributed by atoms with E-state index in [4.69, 9.17) is 0 Å². The van der Waals surface area contributed by atoms with Crippen molar-refractivity contribution in [2.45, 2.75) is 27.7 Å². The van der Waals surface area contributed by atoms with Crippen LogP contribution in [-0.2, 0) is 26.4 Å². The molecule has 0 saturated heterocycles. The number of allylic oxidation sites excluding steroid dienone is 4. The van der Waals surface area contributed by atoms with Gasteiger partial charge in [0, 0.05) is 0 Å². The molecule has 4 N–H and O–H groups in total. The van der Waals surface area contributed by atoms with Crippen molar-refractivity contribution < 1.29 is 47.5 Å². The first-order valence-electron chi connectivity index (χ1n) is 3.97. The molecule has 0 spiro atoms. The Bertz CT molecular complexity index is 234. The topological polar surface area (TPSA) is 143 Å². The van der Waals surface area contributed by atoms with Gasteiger partial charge in [0.05, 0.1) is 0 Å². The summed E-state index contributed by atoms with van der Waals surface area (Å²) in [6.07, 6.45) is 2.11. The van der Waals surface area contributed by atoms with Crippen LogP contribution >= 0.6 is 0 Å². The predicted octanol–water partition coefficient (Wildman–Crippen LogP) is -1.97. The number of carbonyl (C=O) groups is 2. The Morgan fingerprint density at radius 1 is 0.765 bits per heavy atom. The summed E-state index contributed by atoms with van der Waals surface area (Å²) >= 11 is 0. The zero-order valence-electron chi connectivity index (χ0n) is 10.1. The van der Waals surface area contributed by atoms with Gasteiger partial charge in [-0.2, -0.15) is 0 Å². The fourth-order valence-electron chi connectivity index (χ4n) is 0.572. The molecule has 1 radical (unpaired) electrons. The summed E-state index contributed by atoms with van der Waals surface area (Å²) in [6, 6.07) is 0. The van der Waals surface area contributed by atoms with Gasteiger partial charge in [-0.05, 0) is 26.0 Å². The van der Waals surface area contributed by atoms with Crippen molar-refractivity contribution in [1.82, 2.24) is 0 Å². The van der Waals surface area contributed by atoms with E-state index in [9.17, 15) is 19.8 Å². The third-order valence-electron chi connectivity index (χ3n) is 0.813. The van der Waals surface area contributed by atoms with Crippen LogP contribution in [-0.4, -0.2) is 22.5 Å². The van der Waals surface area contributed by atoms with Gasteiger partial charge in [-0.15, -0.1) is 11.5 Å². The van der Waals surface area contributed by atoms with Gasteiger partial charge in [0.2, 0.25) is 0 Å². The van der Waals surface area contributed by atoms with E-state index in [1.54, 1.807) is 0 Å². The minimum absolute atomic E-state index is 0. The Balaban J connectivity index is -0.0000000480. The van der Waals surface area contributed by atoms with Gasteiger partial charge in [0.1, 0.15) is 0 Å². The fraction of sp³-hybridized carbons (Fsp3) is 0.400. The molecule has 0 aliphatic heterocycles. The molecule has 0 heterocycles. The molecule has 0 aliphatic carbocycles. The second-order valence-corrected chi connectivity index (χ2v) is 2.73. The normalized spacial score (nSPS) is 9.41. The third kappa shape index (κ3) is 52.3. The van der Waals surface area contributed by atoms with Gasteiger partial charge in [-0.1, -0.05) is 13.8 Å². The smallest absolute Gasteiger partial charge is 0.876 e. The molecule has 17 heavy (non-hydrogen) atoms. The van der Waals surface area contributed by atoms with Crippen molar-refractivity contribution in [2.24, 2.45) is 0 Å². The molecule has 0 aromatic heterocycles. The fourth-order valence-corrected chi connectivity index (χ4v) is 0.572. The van der Waals surface area contributed by atoms with Crippen LogP contribution < -0.4 is 10.2 Å². The third-order valence-corrected chi connectivity index (χ3v) is 0.813. The van der Waals surface area contributed by atoms with Crippen LogP contribution in [0.2, 0.25) is 0 Å². The van der Waals surface area contributed by atoms with Crippen LogP contribution in [0.1, 0.15) is 27.7 Å². The molecule has 0 aromatic rings. The van der Waals surface area contributed by atoms with Crippen LogP contribution in [0, 0.1) is 0 Å². The molecule has 0 saturated carbocycles. The van der Waals surface area contributed by atoms with Gasteiger partial charge in [0.15, 0.2) is 11.6 Å². The van der Waals surface area contributed by atoms with Crippen LogP contribution in [0.4, 0.5) is 0 Å². The number of hydrogen-bond acceptors (Lipinski definition) is 4. The molecule has 0 unspecified atom stereocenters. The molecule has 0 atom stereocenters. The molecule has 7 heteroatoms. The van der Waals surface area contributed by atoms with E-state index in [2.05, 4.69) is 0 Å². The zero-order valence-corrected chi connectivity index (χ0v) is 11.2. The van der Waals surface area contributed by atoms with E-state index >= 15 is 0 Å². The van der Waals surface area contributed by atoms with E-state index < -0.39 is 0 Å². The maximum Gasteiger partial charge on any atom is 2.00 e. The molecule has 0 aromatic carbocycles. The molecular formula is C10H18CoO6. The SMILES string of the molecule is CC(=O)/C=C(\C)[O-].CC(=O)/C=C(\C)[O-].O.O.[Co+2]. The second-order valence-electron chi connectivity index (χ2n) is 2.73. The largest absolute Gasteiger partial charge is 2.00 e. The van der Waals surface area contributed by atoms with Gasteiger partial charge >= 0.3 is 16.8 Å². The molecular weight excluding hydrogens is 275 g/mol. The van der Waals surface area contributed by atoms with Crippen LogP contribution in [0.15, 0.2) is 23.7 Å². The maximum absolute atomic E-state index is 9.98. The standard InChI is InChI=1S/2C5H8O2.Co.2H2O/c2*1-4(6)3-5(2)7;;;/h2*3,6H,1-2H3;;2*1H2/q;;+2;;/p-2/b2*4-3+;;;. The second kappa shape index (κ2) is 17.2. The first-order valence-corrected chi connectivity index (χ1v) is 3.97. The Kier molecular flexibility index (Phi) is 30.1. The number of rotatable bonds is 2. The Hall–Kier alpha value is -1.15. The molecule has 0 fully saturated rings. The zero-order chi connectivity index (χ0) is 11.7. The van der Waals surface area contributed by atoms with Gasteiger partial charge in [-0.3, -0.25) is 9.59 Å². The van der Waals surface area contributed by atoms with E-state index in [0.29, 0.717) is 0 Å². The summed E-state index contributed by atoms with van der Waals surface area (Å²) in [4.78, 5) is 20.0. The van der Waals surface area contributed by atoms with Crippen molar-refractivity contribution >= 4 is 11.6 Å². The Morgan fingerprint density at radius 3 is 0.941 bits per heavy atom. The molecule has 0 rings (SSSR count). The van der Waals surface area contributed by atoms with Crippen LogP contribution in [0.3, 0.4) is 0 Å². The van der Waals surface area contributed by atoms with Gasteiger partial charge in [-0.25, -0.2) is 0 Å². The summed E-state index contributed by atoms with van der Waals surface area (Å²) in [7, 11) is 0. The molecule has 6 nitrogen and oxygen atoms in total. The minimum atomic E-state index is -0.187. The first kappa shape index (κ1) is 29.7. The molecule has 0 aliphatic rings. The van der Waals surface area contributed by atoms with Crippen molar-refractivity contribution in [3.05, 3.63) is 23.7 Å². The molecule has 0 amide bonds. The van der Waals surface area contributed by atoms with E-state index in [1.807, 2.05) is 0 Å². The molecule has 0 bridgehead atoms. The quantitative estimate of drug-likeness (QED) is 0.429. The maximum atomic E-state index is 9.98. The number of ketones is 2. The first-order chi connectivity index (χ1) is 6.25. The number of hydrogen-bond donors (Lipinski definition) is 0. The van der Waals surface area contributed by atoms with Crippen LogP contribution in [0.25, 0.3) is 0 Å². The van der Waals surface area contributed by atoms with Crippen molar-refractivity contribution in [2.75, 3.05) is 0 Å². The Labute approximate surface area is 111 Å². The summed E-state index contributed by atoms with van der Waals surface area (Å²) in [5.74, 6) is -0.750. The van der Waals surface area contributed by atoms with E-state index in [1.165, 1.54) is 27.7 Å². The van der Waals surface area contributed by atoms with Crippen LogP contribution in [0.5, 0.6) is 0 Å². The summed E-state index contributed by atoms with van der Waals surface area (Å²) in [5.41, 5.74) is 0. The monoisotopic (exact) mass is 293 g/mol. The average Bonchev–Trinajstić information content (AvgIpc) is 1.79. The van der Waals surface area contributed by atoms with E-state index in [0.717, 1.165) is 12.2 Å². The van der Waals surface area contributed by atoms with Crippen molar-refractivity contribution in [3.8, 4) is 0 Å². The van der Waals surface area contributed by atoms with Gasteiger partial charge < -0.3 is 21.2 Å². The summed E-state index contributed by atoms with van der Waals surface area (Å²) in [6.45, 7) is 5.39. The van der Waals surface area contributed by atoms with E-state index in [-0.39, 0.29) is 50.8 Å². The predicted molar refractivity (Wildman–Crippen MR) is 56.1 cm³/mol. The van der Waals surface area contributed by atoms with Gasteiger partial charge in [0.25, 0.3) is 0 Å². The minimum Gasteiger partial charge on any atom is -0.876 e.